The van der Waals surface area contributed by atoms with Gasteiger partial charge in [-0.05, 0) is 35.4 Å². The molecule has 0 bridgehead atoms. The highest BCUT2D eigenvalue weighted by molar-refractivity contribution is 5.95. The van der Waals surface area contributed by atoms with E-state index in [0.29, 0.717) is 12.2 Å². The Hall–Kier alpha value is -2.96. The quantitative estimate of drug-likeness (QED) is 0.700. The molecule has 0 spiro atoms. The van der Waals surface area contributed by atoms with Gasteiger partial charge in [0.25, 0.3) is 5.91 Å². The number of carbonyl (C=O) groups is 1. The van der Waals surface area contributed by atoms with Crippen molar-refractivity contribution in [2.45, 2.75) is 13.1 Å². The molecular weight excluding hydrogens is 366 g/mol. The van der Waals surface area contributed by atoms with E-state index in [1.165, 1.54) is 5.56 Å². The third kappa shape index (κ3) is 4.91. The number of pyridine rings is 1. The van der Waals surface area contributed by atoms with E-state index >= 15 is 0 Å². The Labute approximate surface area is 170 Å². The zero-order valence-electron chi connectivity index (χ0n) is 16.6. The fourth-order valence-electron chi connectivity index (χ4n) is 3.41. The smallest absolute Gasteiger partial charge is 0.270 e. The van der Waals surface area contributed by atoms with Crippen molar-refractivity contribution < 1.29 is 14.3 Å². The van der Waals surface area contributed by atoms with Crippen molar-refractivity contribution in [3.8, 4) is 5.75 Å². The Bertz CT molecular complexity index is 982. The Morgan fingerprint density at radius 1 is 1.07 bits per heavy atom. The molecule has 1 fully saturated rings. The molecule has 150 valence electrons. The molecule has 0 radical (unpaired) electrons. The van der Waals surface area contributed by atoms with Gasteiger partial charge in [-0.15, -0.1) is 0 Å². The molecule has 6 nitrogen and oxygen atoms in total. The minimum atomic E-state index is -0.180. The van der Waals surface area contributed by atoms with Gasteiger partial charge in [0.05, 0.1) is 25.8 Å². The van der Waals surface area contributed by atoms with Gasteiger partial charge < -0.3 is 14.8 Å². The van der Waals surface area contributed by atoms with Crippen LogP contribution in [0.5, 0.6) is 5.75 Å². The summed E-state index contributed by atoms with van der Waals surface area (Å²) in [6.07, 6.45) is 0. The van der Waals surface area contributed by atoms with Crippen LogP contribution < -0.4 is 10.1 Å². The number of morpholine rings is 1. The third-order valence-electron chi connectivity index (χ3n) is 5.11. The number of methoxy groups -OCH3 is 1. The molecule has 3 aromatic rings. The van der Waals surface area contributed by atoms with Gasteiger partial charge in [-0.1, -0.05) is 30.3 Å². The van der Waals surface area contributed by atoms with Gasteiger partial charge in [-0.2, -0.15) is 0 Å². The van der Waals surface area contributed by atoms with Gasteiger partial charge >= 0.3 is 0 Å². The molecule has 6 heteroatoms. The number of aromatic nitrogens is 1. The average Bonchev–Trinajstić information content (AvgIpc) is 2.78. The van der Waals surface area contributed by atoms with Crippen molar-refractivity contribution in [3.63, 3.8) is 0 Å². The molecule has 0 aliphatic carbocycles. The molecule has 1 aliphatic heterocycles. The molecule has 1 aliphatic rings. The first kappa shape index (κ1) is 19.4. The number of nitrogens with one attached hydrogen (secondary N) is 1. The number of benzene rings is 2. The van der Waals surface area contributed by atoms with Crippen molar-refractivity contribution in [2.24, 2.45) is 0 Å². The van der Waals surface area contributed by atoms with E-state index in [2.05, 4.69) is 39.5 Å². The molecule has 1 amide bonds. The summed E-state index contributed by atoms with van der Waals surface area (Å²) in [6, 6.07) is 17.6. The largest absolute Gasteiger partial charge is 0.497 e. The maximum atomic E-state index is 12.5. The lowest BCUT2D eigenvalue weighted by Crippen LogP contribution is -2.35. The Balaban J connectivity index is 1.34. The monoisotopic (exact) mass is 391 g/mol. The molecule has 2 heterocycles. The first-order valence-electron chi connectivity index (χ1n) is 9.82. The number of nitrogens with zero attached hydrogens (tertiary/aromatic N) is 2. The fourth-order valence-corrected chi connectivity index (χ4v) is 3.41. The summed E-state index contributed by atoms with van der Waals surface area (Å²) in [7, 11) is 1.63. The lowest BCUT2D eigenvalue weighted by Gasteiger charge is -2.26. The van der Waals surface area contributed by atoms with Crippen LogP contribution in [0, 0.1) is 0 Å². The van der Waals surface area contributed by atoms with Crippen molar-refractivity contribution in [3.05, 3.63) is 71.4 Å². The van der Waals surface area contributed by atoms with Crippen molar-refractivity contribution in [1.29, 1.82) is 0 Å². The second-order valence-electron chi connectivity index (χ2n) is 7.14. The van der Waals surface area contributed by atoms with Crippen LogP contribution in [0.25, 0.3) is 10.9 Å². The first-order valence-corrected chi connectivity index (χ1v) is 9.82. The predicted molar refractivity (Wildman–Crippen MR) is 112 cm³/mol. The van der Waals surface area contributed by atoms with Gasteiger partial charge in [-0.25, -0.2) is 4.98 Å². The SMILES string of the molecule is COc1ccc2nc(C(=O)NCc3ccc(CN4CCOCC4)cc3)ccc2c1. The van der Waals surface area contributed by atoms with Gasteiger partial charge in [-0.3, -0.25) is 9.69 Å². The van der Waals surface area contributed by atoms with Crippen LogP contribution >= 0.6 is 0 Å². The number of hydrogen-bond donors (Lipinski definition) is 1. The number of hydrogen-bond acceptors (Lipinski definition) is 5. The third-order valence-corrected chi connectivity index (χ3v) is 5.11. The van der Waals surface area contributed by atoms with Gasteiger partial charge in [0.2, 0.25) is 0 Å². The van der Waals surface area contributed by atoms with Crippen LogP contribution in [-0.2, 0) is 17.8 Å². The van der Waals surface area contributed by atoms with Crippen LogP contribution in [0.3, 0.4) is 0 Å². The van der Waals surface area contributed by atoms with E-state index in [4.69, 9.17) is 9.47 Å². The van der Waals surface area contributed by atoms with Crippen LogP contribution in [0.1, 0.15) is 21.6 Å². The molecule has 29 heavy (non-hydrogen) atoms. The van der Waals surface area contributed by atoms with E-state index in [1.54, 1.807) is 13.2 Å². The summed E-state index contributed by atoms with van der Waals surface area (Å²) in [5.41, 5.74) is 3.51. The summed E-state index contributed by atoms with van der Waals surface area (Å²) in [6.45, 7) is 4.97. The predicted octanol–water partition coefficient (Wildman–Crippen LogP) is 3.01. The normalized spacial score (nSPS) is 14.7. The molecule has 1 saturated heterocycles. The van der Waals surface area contributed by atoms with E-state index < -0.39 is 0 Å². The highest BCUT2D eigenvalue weighted by Crippen LogP contribution is 2.19. The maximum absolute atomic E-state index is 12.5. The maximum Gasteiger partial charge on any atom is 0.270 e. The van der Waals surface area contributed by atoms with E-state index in [9.17, 15) is 4.79 Å². The highest BCUT2D eigenvalue weighted by Gasteiger charge is 2.11. The summed E-state index contributed by atoms with van der Waals surface area (Å²) in [5.74, 6) is 0.591. The minimum Gasteiger partial charge on any atom is -0.497 e. The Morgan fingerprint density at radius 3 is 2.59 bits per heavy atom. The number of rotatable bonds is 6. The van der Waals surface area contributed by atoms with E-state index in [0.717, 1.165) is 55.1 Å². The zero-order chi connectivity index (χ0) is 20.1. The summed E-state index contributed by atoms with van der Waals surface area (Å²) < 4.78 is 10.6. The van der Waals surface area contributed by atoms with Crippen LogP contribution in [0.4, 0.5) is 0 Å². The number of carbonyl (C=O) groups excluding carboxylic acids is 1. The summed E-state index contributed by atoms with van der Waals surface area (Å²) in [4.78, 5) is 19.3. The summed E-state index contributed by atoms with van der Waals surface area (Å²) in [5, 5.41) is 3.89. The molecule has 0 unspecified atom stereocenters. The molecule has 1 aromatic heterocycles. The second-order valence-corrected chi connectivity index (χ2v) is 7.14. The zero-order valence-corrected chi connectivity index (χ0v) is 16.6. The van der Waals surface area contributed by atoms with E-state index in [-0.39, 0.29) is 5.91 Å². The lowest BCUT2D eigenvalue weighted by atomic mass is 10.1. The molecule has 0 saturated carbocycles. The topological polar surface area (TPSA) is 63.7 Å². The lowest BCUT2D eigenvalue weighted by molar-refractivity contribution is 0.0342. The van der Waals surface area contributed by atoms with Gasteiger partial charge in [0.1, 0.15) is 11.4 Å². The van der Waals surface area contributed by atoms with E-state index in [1.807, 2.05) is 24.3 Å². The number of ether oxygens (including phenoxy) is 2. The molecule has 4 rings (SSSR count). The number of fused-ring (bicyclic) bond motifs is 1. The Morgan fingerprint density at radius 2 is 1.83 bits per heavy atom. The Kier molecular flexibility index (Phi) is 6.03. The van der Waals surface area contributed by atoms with Gasteiger partial charge in [0, 0.05) is 31.6 Å². The number of amides is 1. The molecule has 1 N–H and O–H groups in total. The van der Waals surface area contributed by atoms with Crippen LogP contribution in [-0.4, -0.2) is 49.2 Å². The van der Waals surface area contributed by atoms with Crippen molar-refractivity contribution >= 4 is 16.8 Å². The standard InChI is InChI=1S/C23H25N3O3/c1-28-20-7-9-21-19(14-20)6-8-22(25-21)23(27)24-15-17-2-4-18(5-3-17)16-26-10-12-29-13-11-26/h2-9,14H,10-13,15-16H2,1H3,(H,24,27). The first-order chi connectivity index (χ1) is 14.2. The summed E-state index contributed by atoms with van der Waals surface area (Å²) >= 11 is 0. The molecular formula is C23H25N3O3. The second kappa shape index (κ2) is 9.03. The minimum absolute atomic E-state index is 0.180. The van der Waals surface area contributed by atoms with Crippen LogP contribution in [0.2, 0.25) is 0 Å². The average molecular weight is 391 g/mol. The van der Waals surface area contributed by atoms with Crippen molar-refractivity contribution in [1.82, 2.24) is 15.2 Å². The van der Waals surface area contributed by atoms with Gasteiger partial charge in [0.15, 0.2) is 0 Å². The fraction of sp³-hybridized carbons (Fsp3) is 0.304. The highest BCUT2D eigenvalue weighted by atomic mass is 16.5. The van der Waals surface area contributed by atoms with Crippen LogP contribution in [0.15, 0.2) is 54.6 Å². The van der Waals surface area contributed by atoms with Crippen molar-refractivity contribution in [2.75, 3.05) is 33.4 Å². The molecule has 2 aromatic carbocycles. The molecule has 0 atom stereocenters.